The molecule has 1 unspecified atom stereocenters. The van der Waals surface area contributed by atoms with Gasteiger partial charge in [0.2, 0.25) is 5.69 Å². The van der Waals surface area contributed by atoms with E-state index in [-0.39, 0.29) is 12.1 Å². The van der Waals surface area contributed by atoms with Gasteiger partial charge in [-0.2, -0.15) is 10.2 Å². The van der Waals surface area contributed by atoms with Crippen LogP contribution in [-0.2, 0) is 0 Å². The van der Waals surface area contributed by atoms with E-state index in [4.69, 9.17) is 5.10 Å². The molecule has 0 saturated heterocycles. The smallest absolute Gasteiger partial charge is 0.204 e. The van der Waals surface area contributed by atoms with E-state index in [1.54, 1.807) is 0 Å². The Hall–Kier alpha value is -2.88. The normalized spacial score (nSPS) is 15.8. The zero-order valence-electron chi connectivity index (χ0n) is 16.5. The molecule has 4 nitrogen and oxygen atoms in total. The van der Waals surface area contributed by atoms with Crippen molar-refractivity contribution in [2.75, 3.05) is 0 Å². The van der Waals surface area contributed by atoms with Crippen molar-refractivity contribution >= 4 is 0 Å². The van der Waals surface area contributed by atoms with Crippen molar-refractivity contribution in [3.8, 4) is 0 Å². The highest BCUT2D eigenvalue weighted by Crippen LogP contribution is 2.37. The molecule has 0 spiro atoms. The average molecular weight is 359 g/mol. The number of nitrogens with zero attached hydrogens (tertiary/aromatic N) is 3. The largest absolute Gasteiger partial charge is 0.286 e. The van der Waals surface area contributed by atoms with E-state index in [0.717, 1.165) is 17.8 Å². The second kappa shape index (κ2) is 7.03. The lowest BCUT2D eigenvalue weighted by Crippen LogP contribution is -2.51. The summed E-state index contributed by atoms with van der Waals surface area (Å²) in [6.07, 6.45) is 7.84. The third-order valence-corrected chi connectivity index (χ3v) is 5.28. The van der Waals surface area contributed by atoms with Gasteiger partial charge in [-0.3, -0.25) is 0 Å². The third kappa shape index (κ3) is 3.27. The molecule has 2 aromatic heterocycles. The molecule has 0 radical (unpaired) electrons. The van der Waals surface area contributed by atoms with E-state index in [2.05, 4.69) is 103 Å². The molecule has 0 aliphatic heterocycles. The number of aryl methyl sites for hydroxylation is 4. The zero-order chi connectivity index (χ0) is 19.0. The third-order valence-electron chi connectivity index (χ3n) is 5.28. The quantitative estimate of drug-likeness (QED) is 0.672. The highest BCUT2D eigenvalue weighted by molar-refractivity contribution is 5.39. The Morgan fingerprint density at radius 1 is 1.07 bits per heavy atom. The van der Waals surface area contributed by atoms with E-state index >= 15 is 0 Å². The maximum atomic E-state index is 4.88. The summed E-state index contributed by atoms with van der Waals surface area (Å²) >= 11 is 0. The molecule has 3 aromatic rings. The van der Waals surface area contributed by atoms with Crippen LogP contribution in [0.15, 0.2) is 66.3 Å². The SMILES string of the molecule is Cc1cc(C)n(C([C@@H](C2=CCC=C2)c2ccccc2)[n+]2[nH]c(C)cc2C)n1. The fourth-order valence-electron chi connectivity index (χ4n) is 4.19. The number of rotatable bonds is 5. The summed E-state index contributed by atoms with van der Waals surface area (Å²) in [7, 11) is 0. The molecule has 1 aliphatic rings. The van der Waals surface area contributed by atoms with Gasteiger partial charge in [-0.15, -0.1) is 0 Å². The van der Waals surface area contributed by atoms with Gasteiger partial charge in [0, 0.05) is 18.7 Å². The molecule has 2 atom stereocenters. The lowest BCUT2D eigenvalue weighted by Gasteiger charge is -2.24. The van der Waals surface area contributed by atoms with Gasteiger partial charge in [-0.05, 0) is 44.4 Å². The Balaban J connectivity index is 1.96. The molecule has 1 aromatic carbocycles. The van der Waals surface area contributed by atoms with Gasteiger partial charge >= 0.3 is 0 Å². The molecule has 138 valence electrons. The van der Waals surface area contributed by atoms with Crippen molar-refractivity contribution in [3.63, 3.8) is 0 Å². The minimum atomic E-state index is 0.00352. The molecule has 1 aliphatic carbocycles. The lowest BCUT2D eigenvalue weighted by molar-refractivity contribution is -0.786. The number of allylic oxidation sites excluding steroid dienone is 4. The summed E-state index contributed by atoms with van der Waals surface area (Å²) in [5.74, 6) is 0.171. The van der Waals surface area contributed by atoms with Crippen molar-refractivity contribution in [1.29, 1.82) is 0 Å². The number of H-pyrrole nitrogens is 1. The molecule has 27 heavy (non-hydrogen) atoms. The fraction of sp³-hybridized carbons (Fsp3) is 0.304. The van der Waals surface area contributed by atoms with Crippen LogP contribution in [-0.4, -0.2) is 14.9 Å². The van der Waals surface area contributed by atoms with Crippen LogP contribution in [0.4, 0.5) is 0 Å². The monoisotopic (exact) mass is 359 g/mol. The fourth-order valence-corrected chi connectivity index (χ4v) is 4.19. The first-order valence-corrected chi connectivity index (χ1v) is 9.56. The van der Waals surface area contributed by atoms with Gasteiger partial charge in [0.25, 0.3) is 6.17 Å². The van der Waals surface area contributed by atoms with Crippen LogP contribution < -0.4 is 4.68 Å². The van der Waals surface area contributed by atoms with Crippen LogP contribution in [0.5, 0.6) is 0 Å². The number of aromatic amines is 1. The number of nitrogens with one attached hydrogen (secondary N) is 1. The summed E-state index contributed by atoms with van der Waals surface area (Å²) in [6, 6.07) is 15.1. The van der Waals surface area contributed by atoms with Crippen LogP contribution in [0.25, 0.3) is 0 Å². The number of aromatic nitrogens is 4. The second-order valence-electron chi connectivity index (χ2n) is 7.47. The van der Waals surface area contributed by atoms with Gasteiger partial charge in [0.05, 0.1) is 17.3 Å². The maximum Gasteiger partial charge on any atom is 0.286 e. The number of hydrogen-bond donors (Lipinski definition) is 1. The standard InChI is InChI=1S/C23H26N4/c1-16-14-18(3)26(24-16)23(27-19(4)15-17(2)25-27)22(21-12-8-9-13-21)20-10-6-5-7-11-20/h5-8,10-15,22-23H,9H2,1-4H3/p+1/t22-/m1/s1. The van der Waals surface area contributed by atoms with Gasteiger partial charge in [-0.1, -0.05) is 53.2 Å². The van der Waals surface area contributed by atoms with Crippen molar-refractivity contribution in [3.05, 3.63) is 94.6 Å². The predicted octanol–water partition coefficient (Wildman–Crippen LogP) is 4.45. The minimum absolute atomic E-state index is 0.00352. The Labute approximate surface area is 160 Å². The van der Waals surface area contributed by atoms with E-state index in [1.807, 2.05) is 0 Å². The van der Waals surface area contributed by atoms with Crippen LogP contribution in [0.3, 0.4) is 0 Å². The second-order valence-corrected chi connectivity index (χ2v) is 7.47. The first-order valence-electron chi connectivity index (χ1n) is 9.56. The summed E-state index contributed by atoms with van der Waals surface area (Å²) in [5, 5.41) is 8.44. The molecule has 1 N–H and O–H groups in total. The number of benzene rings is 1. The van der Waals surface area contributed by atoms with Gasteiger partial charge in [-0.25, -0.2) is 4.68 Å². The first-order chi connectivity index (χ1) is 13.0. The minimum Gasteiger partial charge on any atom is -0.204 e. The molecule has 0 amide bonds. The van der Waals surface area contributed by atoms with E-state index in [0.29, 0.717) is 0 Å². The highest BCUT2D eigenvalue weighted by atomic mass is 15.5. The van der Waals surface area contributed by atoms with Crippen LogP contribution in [0.2, 0.25) is 0 Å². The summed E-state index contributed by atoms with van der Waals surface area (Å²) in [5.41, 5.74) is 7.21. The molecular weight excluding hydrogens is 332 g/mol. The Morgan fingerprint density at radius 3 is 2.41 bits per heavy atom. The number of hydrogen-bond acceptors (Lipinski definition) is 1. The average Bonchev–Trinajstić information content (AvgIpc) is 3.35. The summed E-state index contributed by atoms with van der Waals surface area (Å²) < 4.78 is 4.43. The van der Waals surface area contributed by atoms with E-state index < -0.39 is 0 Å². The highest BCUT2D eigenvalue weighted by Gasteiger charge is 2.39. The van der Waals surface area contributed by atoms with Crippen molar-refractivity contribution in [1.82, 2.24) is 14.9 Å². The lowest BCUT2D eigenvalue weighted by atomic mass is 9.88. The Kier molecular flexibility index (Phi) is 4.56. The van der Waals surface area contributed by atoms with E-state index in [1.165, 1.54) is 22.5 Å². The van der Waals surface area contributed by atoms with Gasteiger partial charge < -0.3 is 0 Å². The summed E-state index contributed by atoms with van der Waals surface area (Å²) in [4.78, 5) is 0. The molecule has 0 bridgehead atoms. The van der Waals surface area contributed by atoms with Gasteiger partial charge in [0.15, 0.2) is 0 Å². The molecule has 2 heterocycles. The first kappa shape index (κ1) is 17.5. The molecule has 0 saturated carbocycles. The molecule has 4 heteroatoms. The van der Waals surface area contributed by atoms with Crippen molar-refractivity contribution in [2.24, 2.45) is 0 Å². The van der Waals surface area contributed by atoms with Crippen LogP contribution >= 0.6 is 0 Å². The van der Waals surface area contributed by atoms with Crippen LogP contribution in [0, 0.1) is 27.7 Å². The van der Waals surface area contributed by atoms with E-state index in [9.17, 15) is 0 Å². The van der Waals surface area contributed by atoms with Gasteiger partial charge in [0.1, 0.15) is 0 Å². The van der Waals surface area contributed by atoms with Crippen molar-refractivity contribution < 1.29 is 4.68 Å². The summed E-state index contributed by atoms with van der Waals surface area (Å²) in [6.45, 7) is 8.46. The zero-order valence-corrected chi connectivity index (χ0v) is 16.5. The maximum absolute atomic E-state index is 4.88. The van der Waals surface area contributed by atoms with Crippen molar-refractivity contribution in [2.45, 2.75) is 46.2 Å². The topological polar surface area (TPSA) is 37.5 Å². The predicted molar refractivity (Wildman–Crippen MR) is 108 cm³/mol. The molecular formula is C23H27N4+. The molecule has 4 rings (SSSR count). The molecule has 0 fully saturated rings. The Bertz CT molecular complexity index is 958. The van der Waals surface area contributed by atoms with Crippen LogP contribution in [0.1, 0.15) is 46.8 Å². The Morgan fingerprint density at radius 2 is 1.85 bits per heavy atom.